The number of carboxylic acids is 1. The molecule has 10 nitrogen and oxygen atoms in total. The maximum absolute atomic E-state index is 12.7. The molecule has 0 aromatic heterocycles. The van der Waals surface area contributed by atoms with Crippen LogP contribution in [0.5, 0.6) is 0 Å². The van der Waals surface area contributed by atoms with Gasteiger partial charge in [-0.25, -0.2) is 18.0 Å². The number of nitrogens with two attached hydrogens (primary N) is 2. The highest BCUT2D eigenvalue weighted by Crippen LogP contribution is 2.21. The minimum absolute atomic E-state index is 0.430. The van der Waals surface area contributed by atoms with Crippen LogP contribution in [-0.2, 0) is 33.7 Å². The van der Waals surface area contributed by atoms with Crippen molar-refractivity contribution in [1.29, 1.82) is 0 Å². The van der Waals surface area contributed by atoms with Gasteiger partial charge in [-0.05, 0) is 12.8 Å². The van der Waals surface area contributed by atoms with Crippen LogP contribution in [0.2, 0.25) is 0 Å². The summed E-state index contributed by atoms with van der Waals surface area (Å²) in [7, 11) is -3.79. The Morgan fingerprint density at radius 1 is 1.12 bits per heavy atom. The van der Waals surface area contributed by atoms with Crippen molar-refractivity contribution in [2.75, 3.05) is 19.0 Å². The fraction of sp³-hybridized carbons (Fsp3) is 0.833. The molecule has 1 rings (SSSR count). The Kier molecular flexibility index (Phi) is 12.2. The van der Waals surface area contributed by atoms with Gasteiger partial charge in [-0.15, -0.1) is 0 Å². The van der Waals surface area contributed by atoms with Crippen LogP contribution in [0.4, 0.5) is 13.2 Å². The Labute approximate surface area is 184 Å². The first kappa shape index (κ1) is 30.1. The summed E-state index contributed by atoms with van der Waals surface area (Å²) < 4.78 is 67.6. The molecule has 1 fully saturated rings. The molecule has 1 amide bonds. The van der Waals surface area contributed by atoms with E-state index >= 15 is 0 Å². The lowest BCUT2D eigenvalue weighted by atomic mass is 10.0. The molecule has 0 saturated carbocycles. The van der Waals surface area contributed by atoms with Gasteiger partial charge in [0.1, 0.15) is 6.10 Å². The number of ether oxygens (including phenoxy) is 2. The van der Waals surface area contributed by atoms with Gasteiger partial charge in [0.2, 0.25) is 11.4 Å². The van der Waals surface area contributed by atoms with Gasteiger partial charge in [0.25, 0.3) is 0 Å². The second-order valence-electron chi connectivity index (χ2n) is 7.36. The Balaban J connectivity index is 0.00000118. The average molecular weight is 493 g/mol. The molecule has 1 saturated heterocycles. The molecule has 188 valence electrons. The van der Waals surface area contributed by atoms with Gasteiger partial charge in [-0.1, -0.05) is 26.7 Å². The van der Waals surface area contributed by atoms with Crippen LogP contribution >= 0.6 is 0 Å². The van der Waals surface area contributed by atoms with Crippen LogP contribution in [0.1, 0.15) is 52.4 Å². The predicted molar refractivity (Wildman–Crippen MR) is 107 cm³/mol. The first-order valence-electron chi connectivity index (χ1n) is 10.0. The number of amides is 1. The van der Waals surface area contributed by atoms with E-state index in [0.717, 1.165) is 0 Å². The quantitative estimate of drug-likeness (QED) is 0.295. The lowest BCUT2D eigenvalue weighted by molar-refractivity contribution is -0.192. The monoisotopic (exact) mass is 492 g/mol. The minimum atomic E-state index is -5.08. The van der Waals surface area contributed by atoms with Crippen LogP contribution < -0.4 is 11.5 Å². The van der Waals surface area contributed by atoms with Gasteiger partial charge < -0.3 is 26.0 Å². The first-order chi connectivity index (χ1) is 14.6. The molecule has 5 N–H and O–H groups in total. The molecule has 1 atom stereocenters. The van der Waals surface area contributed by atoms with E-state index in [1.807, 2.05) is 13.8 Å². The number of esters is 1. The summed E-state index contributed by atoms with van der Waals surface area (Å²) in [6.07, 6.45) is -2.35. The van der Waals surface area contributed by atoms with E-state index in [0.29, 0.717) is 51.7 Å². The Bertz CT molecular complexity index is 733. The SMILES string of the molecule is CCCC(CCC)S(=O)(=O)CC(N)(C(N)=O)C(=O)OC1CCOCC1.O=C(O)C(F)(F)F. The van der Waals surface area contributed by atoms with Crippen molar-refractivity contribution in [3.05, 3.63) is 0 Å². The van der Waals surface area contributed by atoms with Gasteiger partial charge in [-0.3, -0.25) is 4.79 Å². The number of carbonyl (C=O) groups excluding carboxylic acids is 2. The summed E-state index contributed by atoms with van der Waals surface area (Å²) in [6.45, 7) is 4.61. The Morgan fingerprint density at radius 3 is 1.91 bits per heavy atom. The van der Waals surface area contributed by atoms with Crippen LogP contribution in [-0.4, -0.2) is 73.4 Å². The molecule has 14 heteroatoms. The standard InChI is InChI=1S/C16H30N2O6S.C2HF3O2/c1-3-5-13(6-4-2)25(21,22)11-16(18,14(17)19)15(20)24-12-7-9-23-10-8-12;3-2(4,5)1(6)7/h12-13H,3-11,18H2,1-2H3,(H2,17,19);(H,6,7). The normalized spacial score (nSPS) is 17.1. The number of halogens is 3. The maximum atomic E-state index is 12.7. The molecule has 0 aliphatic carbocycles. The van der Waals surface area contributed by atoms with Crippen molar-refractivity contribution >= 4 is 27.7 Å². The molecular formula is C18H31F3N2O8S. The second-order valence-corrected chi connectivity index (χ2v) is 9.64. The summed E-state index contributed by atoms with van der Waals surface area (Å²) >= 11 is 0. The van der Waals surface area contributed by atoms with Gasteiger partial charge >= 0.3 is 18.1 Å². The zero-order valence-electron chi connectivity index (χ0n) is 18.0. The third kappa shape index (κ3) is 9.69. The van der Waals surface area contributed by atoms with E-state index in [2.05, 4.69) is 0 Å². The summed E-state index contributed by atoms with van der Waals surface area (Å²) in [6, 6.07) is 0. The molecular weight excluding hydrogens is 461 g/mol. The maximum Gasteiger partial charge on any atom is 0.490 e. The van der Waals surface area contributed by atoms with Crippen molar-refractivity contribution in [2.24, 2.45) is 11.5 Å². The molecule has 1 aliphatic heterocycles. The lowest BCUT2D eigenvalue weighted by Crippen LogP contribution is -2.64. The number of sulfone groups is 1. The Hall–Kier alpha value is -1.93. The molecule has 1 unspecified atom stereocenters. The number of carboxylic acid groups (broad SMARTS) is 1. The van der Waals surface area contributed by atoms with E-state index < -0.39 is 56.5 Å². The smallest absolute Gasteiger partial charge is 0.475 e. The van der Waals surface area contributed by atoms with Crippen LogP contribution in [0.3, 0.4) is 0 Å². The zero-order chi connectivity index (χ0) is 25.2. The molecule has 0 bridgehead atoms. The fourth-order valence-electron chi connectivity index (χ4n) is 2.86. The average Bonchev–Trinajstić information content (AvgIpc) is 2.67. The molecule has 0 radical (unpaired) electrons. The highest BCUT2D eigenvalue weighted by molar-refractivity contribution is 7.92. The summed E-state index contributed by atoms with van der Waals surface area (Å²) in [4.78, 5) is 33.2. The lowest BCUT2D eigenvalue weighted by Gasteiger charge is -2.29. The van der Waals surface area contributed by atoms with E-state index in [4.69, 9.17) is 30.8 Å². The fourth-order valence-corrected chi connectivity index (χ4v) is 5.18. The Morgan fingerprint density at radius 2 is 1.56 bits per heavy atom. The molecule has 0 aromatic rings. The van der Waals surface area contributed by atoms with E-state index in [9.17, 15) is 31.2 Å². The number of primary amides is 1. The number of hydrogen-bond acceptors (Lipinski definition) is 8. The number of hydrogen-bond donors (Lipinski definition) is 3. The number of aliphatic carboxylic acids is 1. The molecule has 1 aliphatic rings. The molecule has 0 aromatic carbocycles. The van der Waals surface area contributed by atoms with Crippen LogP contribution in [0.15, 0.2) is 0 Å². The van der Waals surface area contributed by atoms with Crippen molar-refractivity contribution < 1.29 is 50.6 Å². The third-order valence-corrected chi connectivity index (χ3v) is 6.99. The van der Waals surface area contributed by atoms with Crippen molar-refractivity contribution in [1.82, 2.24) is 0 Å². The van der Waals surface area contributed by atoms with E-state index in [-0.39, 0.29) is 0 Å². The summed E-state index contributed by atoms with van der Waals surface area (Å²) in [5.74, 6) is -5.86. The van der Waals surface area contributed by atoms with Gasteiger partial charge in [0.05, 0.1) is 24.2 Å². The van der Waals surface area contributed by atoms with Crippen molar-refractivity contribution in [2.45, 2.75) is 75.4 Å². The topological polar surface area (TPSA) is 176 Å². The number of rotatable bonds is 10. The third-order valence-electron chi connectivity index (χ3n) is 4.65. The minimum Gasteiger partial charge on any atom is -0.475 e. The van der Waals surface area contributed by atoms with Gasteiger partial charge in [-0.2, -0.15) is 13.2 Å². The van der Waals surface area contributed by atoms with Crippen LogP contribution in [0.25, 0.3) is 0 Å². The number of alkyl halides is 3. The van der Waals surface area contributed by atoms with Gasteiger partial charge in [0.15, 0.2) is 9.84 Å². The van der Waals surface area contributed by atoms with Crippen LogP contribution in [0, 0.1) is 0 Å². The molecule has 32 heavy (non-hydrogen) atoms. The predicted octanol–water partition coefficient (Wildman–Crippen LogP) is 0.908. The molecule has 1 heterocycles. The summed E-state index contributed by atoms with van der Waals surface area (Å²) in [5, 5.41) is 6.47. The second kappa shape index (κ2) is 12.9. The highest BCUT2D eigenvalue weighted by atomic mass is 32.2. The van der Waals surface area contributed by atoms with Crippen molar-refractivity contribution in [3.8, 4) is 0 Å². The van der Waals surface area contributed by atoms with Gasteiger partial charge in [0, 0.05) is 12.8 Å². The highest BCUT2D eigenvalue weighted by Gasteiger charge is 2.48. The van der Waals surface area contributed by atoms with E-state index in [1.54, 1.807) is 0 Å². The number of carbonyl (C=O) groups is 3. The van der Waals surface area contributed by atoms with E-state index in [1.165, 1.54) is 0 Å². The van der Waals surface area contributed by atoms with Crippen molar-refractivity contribution in [3.63, 3.8) is 0 Å². The first-order valence-corrected chi connectivity index (χ1v) is 11.7. The zero-order valence-corrected chi connectivity index (χ0v) is 18.8. The molecule has 0 spiro atoms. The summed E-state index contributed by atoms with van der Waals surface area (Å²) in [5.41, 5.74) is 8.76. The largest absolute Gasteiger partial charge is 0.490 e.